The van der Waals surface area contributed by atoms with E-state index in [2.05, 4.69) is 30.1 Å². The van der Waals surface area contributed by atoms with Crippen LogP contribution in [0, 0.1) is 0 Å². The molecule has 168 valence electrons. The quantitative estimate of drug-likeness (QED) is 0.555. The summed E-state index contributed by atoms with van der Waals surface area (Å²) in [7, 11) is 3.57. The first-order valence-corrected chi connectivity index (χ1v) is 10.2. The van der Waals surface area contributed by atoms with Gasteiger partial charge in [0.1, 0.15) is 0 Å². The molecule has 1 aromatic carbocycles. The Morgan fingerprint density at radius 3 is 2.32 bits per heavy atom. The molecule has 31 heavy (non-hydrogen) atoms. The highest BCUT2D eigenvalue weighted by Crippen LogP contribution is 2.29. The normalized spacial score (nSPS) is 15.8. The van der Waals surface area contributed by atoms with Crippen LogP contribution in [0.3, 0.4) is 0 Å². The van der Waals surface area contributed by atoms with Gasteiger partial charge in [-0.05, 0) is 23.8 Å². The third kappa shape index (κ3) is 6.55. The van der Waals surface area contributed by atoms with Gasteiger partial charge < -0.3 is 15.1 Å². The molecule has 2 aromatic rings. The van der Waals surface area contributed by atoms with Crippen LogP contribution in [0.5, 0.6) is 0 Å². The van der Waals surface area contributed by atoms with Crippen molar-refractivity contribution in [3.05, 3.63) is 53.9 Å². The van der Waals surface area contributed by atoms with E-state index in [4.69, 9.17) is 0 Å². The highest BCUT2D eigenvalue weighted by Gasteiger charge is 2.30. The molecule has 1 aromatic heterocycles. The smallest absolute Gasteiger partial charge is 0.355 e. The first-order chi connectivity index (χ1) is 14.9. The summed E-state index contributed by atoms with van der Waals surface area (Å²) in [6.45, 7) is 5.69. The van der Waals surface area contributed by atoms with E-state index in [1.54, 1.807) is 19.4 Å². The van der Waals surface area contributed by atoms with Gasteiger partial charge in [0.25, 0.3) is 0 Å². The van der Waals surface area contributed by atoms with Crippen molar-refractivity contribution in [1.29, 1.82) is 0 Å². The minimum Gasteiger partial charge on any atom is -0.355 e. The summed E-state index contributed by atoms with van der Waals surface area (Å²) in [6, 6.07) is 7.04. The minimum atomic E-state index is -4.32. The van der Waals surface area contributed by atoms with Crippen LogP contribution < -0.4 is 10.2 Å². The van der Waals surface area contributed by atoms with Crippen LogP contribution >= 0.6 is 0 Å². The number of hydrogen-bond donors (Lipinski definition) is 1. The predicted octanol–water partition coefficient (Wildman–Crippen LogP) is 2.32. The average Bonchev–Trinajstić information content (AvgIpc) is 2.77. The van der Waals surface area contributed by atoms with Gasteiger partial charge in [-0.1, -0.05) is 12.1 Å². The molecule has 1 N–H and O–H groups in total. The van der Waals surface area contributed by atoms with E-state index in [0.717, 1.165) is 62.9 Å². The van der Waals surface area contributed by atoms with Crippen molar-refractivity contribution < 1.29 is 13.2 Å². The van der Waals surface area contributed by atoms with E-state index in [1.165, 1.54) is 12.1 Å². The molecule has 0 unspecified atom stereocenters. The maximum absolute atomic E-state index is 12.7. The van der Waals surface area contributed by atoms with E-state index in [0.29, 0.717) is 12.5 Å². The number of guanidine groups is 1. The summed E-state index contributed by atoms with van der Waals surface area (Å²) < 4.78 is 38.1. The molecule has 1 aliphatic heterocycles. The molecule has 0 bridgehead atoms. The second-order valence-electron chi connectivity index (χ2n) is 7.40. The SMILES string of the molecule is CN=C(NCCN1CCN(c2ncccn2)CC1)N(C)Cc1ccc(C(F)(F)F)cc1. The number of anilines is 1. The largest absolute Gasteiger partial charge is 0.416 e. The van der Waals surface area contributed by atoms with E-state index < -0.39 is 11.7 Å². The van der Waals surface area contributed by atoms with Crippen LogP contribution in [-0.4, -0.2) is 79.1 Å². The van der Waals surface area contributed by atoms with Crippen molar-refractivity contribution in [2.24, 2.45) is 4.99 Å². The Bertz CT molecular complexity index is 832. The molecule has 0 amide bonds. The number of nitrogens with zero attached hydrogens (tertiary/aromatic N) is 6. The van der Waals surface area contributed by atoms with Gasteiger partial charge in [0, 0.05) is 72.3 Å². The number of alkyl halides is 3. The topological polar surface area (TPSA) is 59.9 Å². The molecular formula is C21H28F3N7. The fourth-order valence-corrected chi connectivity index (χ4v) is 3.48. The zero-order chi connectivity index (χ0) is 22.3. The molecule has 1 saturated heterocycles. The van der Waals surface area contributed by atoms with E-state index >= 15 is 0 Å². The van der Waals surface area contributed by atoms with Crippen LogP contribution in [0.25, 0.3) is 0 Å². The van der Waals surface area contributed by atoms with Gasteiger partial charge in [-0.3, -0.25) is 9.89 Å². The Kier molecular flexibility index (Phi) is 7.67. The Labute approximate surface area is 180 Å². The Morgan fingerprint density at radius 1 is 1.10 bits per heavy atom. The summed E-state index contributed by atoms with van der Waals surface area (Å²) in [5.74, 6) is 1.47. The summed E-state index contributed by atoms with van der Waals surface area (Å²) in [6.07, 6.45) is -0.807. The number of nitrogens with one attached hydrogen (secondary N) is 1. The molecule has 0 aliphatic carbocycles. The fourth-order valence-electron chi connectivity index (χ4n) is 3.48. The molecule has 1 fully saturated rings. The number of aromatic nitrogens is 2. The van der Waals surface area contributed by atoms with Gasteiger partial charge in [0.05, 0.1) is 5.56 Å². The van der Waals surface area contributed by atoms with Crippen LogP contribution in [0.1, 0.15) is 11.1 Å². The first-order valence-electron chi connectivity index (χ1n) is 10.2. The van der Waals surface area contributed by atoms with Gasteiger partial charge in [-0.15, -0.1) is 0 Å². The molecule has 7 nitrogen and oxygen atoms in total. The van der Waals surface area contributed by atoms with Crippen molar-refractivity contribution in [3.8, 4) is 0 Å². The standard InChI is InChI=1S/C21H28F3N7/c1-25-19(29(2)16-17-4-6-18(7-5-17)21(22,23)24)28-10-11-30-12-14-31(15-13-30)20-26-8-3-9-27-20/h3-9H,10-16H2,1-2H3,(H,25,28). The Hall–Kier alpha value is -2.88. The van der Waals surface area contributed by atoms with E-state index in [9.17, 15) is 13.2 Å². The maximum Gasteiger partial charge on any atom is 0.416 e. The molecule has 10 heteroatoms. The van der Waals surface area contributed by atoms with Crippen molar-refractivity contribution in [2.45, 2.75) is 12.7 Å². The van der Waals surface area contributed by atoms with Gasteiger partial charge in [-0.25, -0.2) is 9.97 Å². The van der Waals surface area contributed by atoms with Gasteiger partial charge in [-0.2, -0.15) is 13.2 Å². The minimum absolute atomic E-state index is 0.466. The van der Waals surface area contributed by atoms with Crippen LogP contribution in [0.4, 0.5) is 19.1 Å². The van der Waals surface area contributed by atoms with Gasteiger partial charge in [0.2, 0.25) is 5.95 Å². The molecule has 0 spiro atoms. The summed E-state index contributed by atoms with van der Waals surface area (Å²) in [5.41, 5.74) is 0.151. The highest BCUT2D eigenvalue weighted by atomic mass is 19.4. The number of halogens is 3. The lowest BCUT2D eigenvalue weighted by Crippen LogP contribution is -2.49. The van der Waals surface area contributed by atoms with E-state index in [1.807, 2.05) is 18.0 Å². The van der Waals surface area contributed by atoms with Crippen molar-refractivity contribution in [2.75, 3.05) is 58.3 Å². The predicted molar refractivity (Wildman–Crippen MR) is 115 cm³/mol. The lowest BCUT2D eigenvalue weighted by atomic mass is 10.1. The first kappa shape index (κ1) is 22.8. The fraction of sp³-hybridized carbons (Fsp3) is 0.476. The lowest BCUT2D eigenvalue weighted by Gasteiger charge is -2.34. The van der Waals surface area contributed by atoms with Crippen LogP contribution in [-0.2, 0) is 12.7 Å². The Balaban J connectivity index is 1.41. The molecule has 0 radical (unpaired) electrons. The second kappa shape index (κ2) is 10.4. The van der Waals surface area contributed by atoms with Crippen molar-refractivity contribution in [3.63, 3.8) is 0 Å². The number of piperazine rings is 1. The number of aliphatic imine (C=N–C) groups is 1. The second-order valence-corrected chi connectivity index (χ2v) is 7.40. The van der Waals surface area contributed by atoms with Crippen LogP contribution in [0.2, 0.25) is 0 Å². The lowest BCUT2D eigenvalue weighted by molar-refractivity contribution is -0.137. The van der Waals surface area contributed by atoms with Crippen LogP contribution in [0.15, 0.2) is 47.7 Å². The van der Waals surface area contributed by atoms with Crippen molar-refractivity contribution >= 4 is 11.9 Å². The number of hydrogen-bond acceptors (Lipinski definition) is 5. The maximum atomic E-state index is 12.7. The highest BCUT2D eigenvalue weighted by molar-refractivity contribution is 5.79. The molecule has 0 saturated carbocycles. The van der Waals surface area contributed by atoms with E-state index in [-0.39, 0.29) is 0 Å². The molecule has 0 atom stereocenters. The Morgan fingerprint density at radius 2 is 1.74 bits per heavy atom. The third-order valence-electron chi connectivity index (χ3n) is 5.19. The summed E-state index contributed by atoms with van der Waals surface area (Å²) in [4.78, 5) is 19.3. The monoisotopic (exact) mass is 435 g/mol. The third-order valence-corrected chi connectivity index (χ3v) is 5.19. The van der Waals surface area contributed by atoms with Gasteiger partial charge in [0.15, 0.2) is 5.96 Å². The zero-order valence-corrected chi connectivity index (χ0v) is 17.8. The van der Waals surface area contributed by atoms with Gasteiger partial charge >= 0.3 is 6.18 Å². The summed E-state index contributed by atoms with van der Waals surface area (Å²) >= 11 is 0. The molecular weight excluding hydrogens is 407 g/mol. The van der Waals surface area contributed by atoms with Crippen molar-refractivity contribution in [1.82, 2.24) is 25.1 Å². The average molecular weight is 435 g/mol. The number of rotatable bonds is 6. The summed E-state index contributed by atoms with van der Waals surface area (Å²) in [5, 5.41) is 3.33. The molecule has 3 rings (SSSR count). The molecule has 2 heterocycles. The molecule has 1 aliphatic rings. The number of benzene rings is 1. The zero-order valence-electron chi connectivity index (χ0n) is 17.8.